The number of nitrogens with one attached hydrogen (secondary N) is 1. The molecule has 2 aromatic rings. The highest BCUT2D eigenvalue weighted by molar-refractivity contribution is 7.84. The number of halogens is 1. The zero-order chi connectivity index (χ0) is 15.9. The summed E-state index contributed by atoms with van der Waals surface area (Å²) < 4.78 is 17.3. The molecule has 0 radical (unpaired) electrons. The van der Waals surface area contributed by atoms with Crippen molar-refractivity contribution >= 4 is 39.6 Å². The topological polar surface area (TPSA) is 55.4 Å². The summed E-state index contributed by atoms with van der Waals surface area (Å²) in [6.45, 7) is 0.466. The molecule has 0 aliphatic rings. The lowest BCUT2D eigenvalue weighted by atomic mass is 10.2. The normalized spacial score (nSPS) is 11.9. The van der Waals surface area contributed by atoms with Crippen molar-refractivity contribution in [2.45, 2.75) is 12.3 Å². The fourth-order valence-electron chi connectivity index (χ4n) is 1.88. The lowest BCUT2D eigenvalue weighted by Gasteiger charge is -2.09. The zero-order valence-corrected chi connectivity index (χ0v) is 14.4. The maximum Gasteiger partial charge on any atom is 0.232 e. The predicted octanol–water partition coefficient (Wildman–Crippen LogP) is 2.98. The Morgan fingerprint density at radius 1 is 1.41 bits per heavy atom. The number of rotatable bonds is 7. The molecule has 118 valence electrons. The number of thiophene rings is 1. The maximum absolute atomic E-state index is 12.1. The number of hydrogen-bond donors (Lipinski definition) is 1. The van der Waals surface area contributed by atoms with Gasteiger partial charge in [-0.05, 0) is 29.6 Å². The molecule has 1 atom stereocenters. The molecule has 0 spiro atoms. The van der Waals surface area contributed by atoms with Gasteiger partial charge in [0.05, 0.1) is 19.4 Å². The van der Waals surface area contributed by atoms with Crippen LogP contribution in [-0.2, 0) is 27.9 Å². The first-order valence-electron chi connectivity index (χ1n) is 6.55. The number of ether oxygens (including phenoxy) is 1. The monoisotopic (exact) mass is 357 g/mol. The van der Waals surface area contributed by atoms with Gasteiger partial charge in [-0.15, -0.1) is 11.3 Å². The molecule has 2 rings (SSSR count). The van der Waals surface area contributed by atoms with Gasteiger partial charge < -0.3 is 10.1 Å². The molecule has 1 N–H and O–H groups in total. The van der Waals surface area contributed by atoms with Gasteiger partial charge in [0.25, 0.3) is 0 Å². The van der Waals surface area contributed by atoms with Gasteiger partial charge in [0, 0.05) is 26.3 Å². The standard InChI is InChI=1S/C15H16ClNO3S2/c1-20-14-5-4-12(16)7-11(14)9-22(19)10-15(18)17-8-13-3-2-6-21-13/h2-7H,8-10H2,1H3,(H,17,18)/t22-/m0/s1. The summed E-state index contributed by atoms with van der Waals surface area (Å²) in [5, 5.41) is 5.26. The minimum Gasteiger partial charge on any atom is -0.496 e. The Kier molecular flexibility index (Phi) is 6.42. The van der Waals surface area contributed by atoms with Crippen LogP contribution in [0.2, 0.25) is 5.02 Å². The summed E-state index contributed by atoms with van der Waals surface area (Å²) in [4.78, 5) is 12.9. The average molecular weight is 358 g/mol. The first-order valence-corrected chi connectivity index (χ1v) is 9.29. The van der Waals surface area contributed by atoms with Crippen LogP contribution in [0.15, 0.2) is 35.7 Å². The van der Waals surface area contributed by atoms with Crippen LogP contribution in [0, 0.1) is 0 Å². The molecule has 0 aliphatic heterocycles. The smallest absolute Gasteiger partial charge is 0.232 e. The van der Waals surface area contributed by atoms with Crippen molar-refractivity contribution in [2.24, 2.45) is 0 Å². The number of methoxy groups -OCH3 is 1. The highest BCUT2D eigenvalue weighted by atomic mass is 35.5. The van der Waals surface area contributed by atoms with Crippen LogP contribution in [0.5, 0.6) is 5.75 Å². The number of carbonyl (C=O) groups is 1. The lowest BCUT2D eigenvalue weighted by Crippen LogP contribution is -2.27. The van der Waals surface area contributed by atoms with Crippen LogP contribution in [0.25, 0.3) is 0 Å². The Balaban J connectivity index is 1.87. The van der Waals surface area contributed by atoms with E-state index in [2.05, 4.69) is 5.32 Å². The molecule has 0 unspecified atom stereocenters. The third-order valence-corrected chi connectivity index (χ3v) is 5.22. The predicted molar refractivity (Wildman–Crippen MR) is 90.9 cm³/mol. The Morgan fingerprint density at radius 3 is 2.91 bits per heavy atom. The first-order chi connectivity index (χ1) is 10.6. The van der Waals surface area contributed by atoms with E-state index >= 15 is 0 Å². The largest absolute Gasteiger partial charge is 0.496 e. The molecule has 1 aromatic carbocycles. The molecule has 0 saturated heterocycles. The minimum atomic E-state index is -1.32. The van der Waals surface area contributed by atoms with Crippen LogP contribution < -0.4 is 10.1 Å². The molecule has 1 aromatic heterocycles. The zero-order valence-electron chi connectivity index (χ0n) is 12.0. The van der Waals surface area contributed by atoms with Crippen LogP contribution in [-0.4, -0.2) is 23.0 Å². The Bertz CT molecular complexity index is 659. The van der Waals surface area contributed by atoms with Gasteiger partial charge >= 0.3 is 0 Å². The second kappa shape index (κ2) is 8.31. The molecular formula is C15H16ClNO3S2. The summed E-state index contributed by atoms with van der Waals surface area (Å²) in [5.74, 6) is 0.585. The molecule has 0 aliphatic carbocycles. The quantitative estimate of drug-likeness (QED) is 0.828. The third-order valence-electron chi connectivity index (χ3n) is 2.89. The van der Waals surface area contributed by atoms with Crippen LogP contribution in [0.1, 0.15) is 10.4 Å². The van der Waals surface area contributed by atoms with E-state index in [0.29, 0.717) is 17.3 Å². The van der Waals surface area contributed by atoms with Crippen LogP contribution in [0.3, 0.4) is 0 Å². The molecule has 7 heteroatoms. The van der Waals surface area contributed by atoms with Crippen LogP contribution in [0.4, 0.5) is 0 Å². The molecule has 1 amide bonds. The molecule has 0 bridgehead atoms. The summed E-state index contributed by atoms with van der Waals surface area (Å²) in [5.41, 5.74) is 0.736. The lowest BCUT2D eigenvalue weighted by molar-refractivity contribution is -0.118. The van der Waals surface area contributed by atoms with E-state index < -0.39 is 10.8 Å². The molecule has 0 fully saturated rings. The van der Waals surface area contributed by atoms with Gasteiger partial charge in [0.1, 0.15) is 11.5 Å². The van der Waals surface area contributed by atoms with Gasteiger partial charge in [-0.1, -0.05) is 17.7 Å². The maximum atomic E-state index is 12.1. The van der Waals surface area contributed by atoms with Crippen molar-refractivity contribution in [3.8, 4) is 5.75 Å². The van der Waals surface area contributed by atoms with Gasteiger partial charge in [-0.25, -0.2) is 0 Å². The van der Waals surface area contributed by atoms with E-state index in [9.17, 15) is 9.00 Å². The first kappa shape index (κ1) is 17.0. The molecule has 22 heavy (non-hydrogen) atoms. The molecule has 4 nitrogen and oxygen atoms in total. The fraction of sp³-hybridized carbons (Fsp3) is 0.267. The minimum absolute atomic E-state index is 0.0406. The number of benzene rings is 1. The van der Waals surface area contributed by atoms with Gasteiger partial charge in [-0.2, -0.15) is 0 Å². The van der Waals surface area contributed by atoms with E-state index in [4.69, 9.17) is 16.3 Å². The Labute approximate surface area is 140 Å². The van der Waals surface area contributed by atoms with E-state index in [1.807, 2.05) is 17.5 Å². The summed E-state index contributed by atoms with van der Waals surface area (Å²) in [6, 6.07) is 9.02. The number of carbonyl (C=O) groups excluding carboxylic acids is 1. The second-order valence-electron chi connectivity index (χ2n) is 4.54. The van der Waals surface area contributed by atoms with Gasteiger partial charge in [0.15, 0.2) is 0 Å². The van der Waals surface area contributed by atoms with Crippen molar-refractivity contribution in [2.75, 3.05) is 12.9 Å². The second-order valence-corrected chi connectivity index (χ2v) is 7.47. The fourth-order valence-corrected chi connectivity index (χ4v) is 3.79. The summed E-state index contributed by atoms with van der Waals surface area (Å²) in [6.07, 6.45) is 0. The van der Waals surface area contributed by atoms with E-state index in [-0.39, 0.29) is 17.4 Å². The van der Waals surface area contributed by atoms with Gasteiger partial charge in [0.2, 0.25) is 5.91 Å². The summed E-state index contributed by atoms with van der Waals surface area (Å²) in [7, 11) is 0.228. The third kappa shape index (κ3) is 5.12. The molecule has 1 heterocycles. The van der Waals surface area contributed by atoms with Crippen molar-refractivity contribution in [3.63, 3.8) is 0 Å². The van der Waals surface area contributed by atoms with Crippen LogP contribution >= 0.6 is 22.9 Å². The number of amides is 1. The SMILES string of the molecule is COc1ccc(Cl)cc1C[S@](=O)CC(=O)NCc1cccs1. The average Bonchev–Trinajstić information content (AvgIpc) is 2.98. The van der Waals surface area contributed by atoms with E-state index in [1.54, 1.807) is 36.6 Å². The summed E-state index contributed by atoms with van der Waals surface area (Å²) >= 11 is 7.51. The highest BCUT2D eigenvalue weighted by Crippen LogP contribution is 2.23. The Hall–Kier alpha value is -1.37. The van der Waals surface area contributed by atoms with Crippen molar-refractivity contribution < 1.29 is 13.7 Å². The van der Waals surface area contributed by atoms with Crippen molar-refractivity contribution in [3.05, 3.63) is 51.2 Å². The van der Waals surface area contributed by atoms with Crippen molar-refractivity contribution in [1.82, 2.24) is 5.32 Å². The van der Waals surface area contributed by atoms with E-state index in [1.165, 1.54) is 0 Å². The Morgan fingerprint density at radius 2 is 2.23 bits per heavy atom. The van der Waals surface area contributed by atoms with Crippen molar-refractivity contribution in [1.29, 1.82) is 0 Å². The highest BCUT2D eigenvalue weighted by Gasteiger charge is 2.12. The number of hydrogen-bond acceptors (Lipinski definition) is 4. The van der Waals surface area contributed by atoms with E-state index in [0.717, 1.165) is 10.4 Å². The molecule has 0 saturated carbocycles. The van der Waals surface area contributed by atoms with Gasteiger partial charge in [-0.3, -0.25) is 9.00 Å². The molecular weight excluding hydrogens is 342 g/mol.